The fourth-order valence-corrected chi connectivity index (χ4v) is 3.19. The first kappa shape index (κ1) is 19.2. The molecule has 0 atom stereocenters. The lowest BCUT2D eigenvalue weighted by atomic mass is 10.1. The number of nitrogens with zero attached hydrogens (tertiary/aromatic N) is 6. The van der Waals surface area contributed by atoms with Crippen molar-refractivity contribution in [2.75, 3.05) is 11.9 Å². The molecule has 150 valence electrons. The Morgan fingerprint density at radius 2 is 1.93 bits per heavy atom. The second-order valence-electron chi connectivity index (χ2n) is 6.37. The van der Waals surface area contributed by atoms with E-state index in [4.69, 9.17) is 24.2 Å². The van der Waals surface area contributed by atoms with Gasteiger partial charge in [-0.25, -0.2) is 19.0 Å². The average molecular weight is 415 g/mol. The highest BCUT2D eigenvalue weighted by Gasteiger charge is 2.24. The predicted molar refractivity (Wildman–Crippen MR) is 105 cm³/mol. The van der Waals surface area contributed by atoms with Crippen LogP contribution in [0.15, 0.2) is 42.9 Å². The van der Waals surface area contributed by atoms with Crippen LogP contribution in [0.1, 0.15) is 5.69 Å². The zero-order chi connectivity index (χ0) is 20.6. The van der Waals surface area contributed by atoms with E-state index in [1.165, 1.54) is 0 Å². The summed E-state index contributed by atoms with van der Waals surface area (Å²) < 4.78 is 12.9. The predicted octanol–water partition coefficient (Wildman–Crippen LogP) is 1.46. The monoisotopic (exact) mass is 415 g/mol. The summed E-state index contributed by atoms with van der Waals surface area (Å²) in [5, 5.41) is 7.58. The number of anilines is 1. The molecule has 5 heterocycles. The summed E-state index contributed by atoms with van der Waals surface area (Å²) in [4.78, 5) is 35.2. The van der Waals surface area contributed by atoms with E-state index in [9.17, 15) is 0 Å². The first-order valence-corrected chi connectivity index (χ1v) is 10.2. The number of fused-ring (bicyclic) bond motifs is 2. The number of aromatic nitrogens is 6. The summed E-state index contributed by atoms with van der Waals surface area (Å²) >= 11 is 0. The van der Waals surface area contributed by atoms with Crippen LogP contribution in [-0.2, 0) is 11.1 Å². The zero-order valence-electron chi connectivity index (χ0n) is 15.3. The molecule has 1 aliphatic heterocycles. The number of aryl methyl sites for hydroxylation is 1. The molecule has 0 aliphatic carbocycles. The Balaban J connectivity index is 0.000000369. The maximum Gasteiger partial charge on any atom is 0.466 e. The van der Waals surface area contributed by atoms with E-state index in [0.29, 0.717) is 0 Å². The lowest BCUT2D eigenvalue weighted by molar-refractivity contribution is 0.275. The largest absolute Gasteiger partial charge is 0.466 e. The lowest BCUT2D eigenvalue weighted by Crippen LogP contribution is -2.00. The van der Waals surface area contributed by atoms with Gasteiger partial charge in [0.1, 0.15) is 12.0 Å². The van der Waals surface area contributed by atoms with Crippen molar-refractivity contribution in [3.8, 4) is 22.6 Å². The Morgan fingerprint density at radius 1 is 1.14 bits per heavy atom. The molecule has 12 heteroatoms. The molecule has 0 amide bonds. The van der Waals surface area contributed by atoms with Crippen LogP contribution in [0.5, 0.6) is 0 Å². The van der Waals surface area contributed by atoms with Gasteiger partial charge in [0.15, 0.2) is 5.65 Å². The number of nitrogens with one attached hydrogen (secondary N) is 1. The Hall–Kier alpha value is -3.11. The van der Waals surface area contributed by atoms with E-state index >= 15 is 0 Å². The van der Waals surface area contributed by atoms with Gasteiger partial charge in [0.25, 0.3) is 0 Å². The minimum Gasteiger partial charge on any atom is -0.354 e. The molecular formula is C17H18N7O4P. The van der Waals surface area contributed by atoms with Crippen molar-refractivity contribution in [3.05, 3.63) is 48.5 Å². The van der Waals surface area contributed by atoms with E-state index in [1.807, 2.05) is 37.4 Å². The van der Waals surface area contributed by atoms with Crippen LogP contribution in [0.2, 0.25) is 0 Å². The first-order chi connectivity index (χ1) is 13.8. The number of hydrogen-bond acceptors (Lipinski definition) is 6. The highest BCUT2D eigenvalue weighted by Crippen LogP contribution is 2.35. The Kier molecular flexibility index (Phi) is 4.89. The molecule has 4 N–H and O–H groups in total. The van der Waals surface area contributed by atoms with Crippen molar-refractivity contribution in [2.24, 2.45) is 0 Å². The SMILES string of the molecule is Cc1cccc(-c2nc3n(c2-c2ccc4ncnn4c2)CCN3)n1.O=P(O)(O)O. The van der Waals surface area contributed by atoms with Crippen LogP contribution in [0, 0.1) is 6.92 Å². The highest BCUT2D eigenvalue weighted by molar-refractivity contribution is 7.45. The van der Waals surface area contributed by atoms with Crippen LogP contribution in [0.4, 0.5) is 5.95 Å². The molecule has 0 aromatic carbocycles. The maximum atomic E-state index is 8.88. The Bertz CT molecular complexity index is 1220. The van der Waals surface area contributed by atoms with Gasteiger partial charge in [-0.2, -0.15) is 5.10 Å². The molecular weight excluding hydrogens is 397 g/mol. The molecule has 0 fully saturated rings. The van der Waals surface area contributed by atoms with Gasteiger partial charge in [-0.05, 0) is 31.2 Å². The van der Waals surface area contributed by atoms with Crippen LogP contribution < -0.4 is 5.32 Å². The molecule has 11 nitrogen and oxygen atoms in total. The summed E-state index contributed by atoms with van der Waals surface area (Å²) in [6.07, 6.45) is 3.55. The lowest BCUT2D eigenvalue weighted by Gasteiger charge is -2.08. The number of imidazole rings is 1. The molecule has 0 radical (unpaired) electrons. The van der Waals surface area contributed by atoms with Crippen LogP contribution in [0.25, 0.3) is 28.3 Å². The minimum atomic E-state index is -4.64. The normalized spacial score (nSPS) is 13.0. The topological polar surface area (TPSA) is 151 Å². The molecule has 0 bridgehead atoms. The maximum absolute atomic E-state index is 8.88. The number of pyridine rings is 2. The molecule has 29 heavy (non-hydrogen) atoms. The van der Waals surface area contributed by atoms with E-state index in [-0.39, 0.29) is 0 Å². The molecule has 0 unspecified atom stereocenters. The first-order valence-electron chi connectivity index (χ1n) is 8.66. The summed E-state index contributed by atoms with van der Waals surface area (Å²) in [6, 6.07) is 10.0. The minimum absolute atomic E-state index is 0.827. The van der Waals surface area contributed by atoms with Crippen molar-refractivity contribution in [1.29, 1.82) is 0 Å². The van der Waals surface area contributed by atoms with Crippen molar-refractivity contribution >= 4 is 19.4 Å². The van der Waals surface area contributed by atoms with Crippen LogP contribution in [0.3, 0.4) is 0 Å². The molecule has 4 aromatic rings. The fraction of sp³-hybridized carbons (Fsp3) is 0.176. The van der Waals surface area contributed by atoms with Gasteiger partial charge in [-0.15, -0.1) is 0 Å². The quantitative estimate of drug-likeness (QED) is 0.357. The third-order valence-electron chi connectivity index (χ3n) is 4.26. The number of phosphoric acid groups is 1. The van der Waals surface area contributed by atoms with Crippen molar-refractivity contribution in [3.63, 3.8) is 0 Å². The van der Waals surface area contributed by atoms with Crippen LogP contribution in [-0.4, -0.2) is 50.4 Å². The molecule has 5 rings (SSSR count). The second-order valence-corrected chi connectivity index (χ2v) is 7.40. The standard InChI is InChI=1S/C17H15N7.H3O4P/c1-11-3-2-4-13(21-11)15-16(23-8-7-18-17(23)22-15)12-5-6-14-19-10-20-24(14)9-12;1-5(2,3)4/h2-6,9-10H,7-8H2,1H3,(H,18,22);(H3,1,2,3,4). The Morgan fingerprint density at radius 3 is 2.69 bits per heavy atom. The van der Waals surface area contributed by atoms with Crippen molar-refractivity contribution in [1.82, 2.24) is 29.1 Å². The summed E-state index contributed by atoms with van der Waals surface area (Å²) in [5.74, 6) is 0.891. The molecule has 0 spiro atoms. The third kappa shape index (κ3) is 4.17. The van der Waals surface area contributed by atoms with Crippen molar-refractivity contribution in [2.45, 2.75) is 13.5 Å². The summed E-state index contributed by atoms with van der Waals surface area (Å²) in [5.41, 5.74) is 5.69. The highest BCUT2D eigenvalue weighted by atomic mass is 31.2. The van der Waals surface area contributed by atoms with Gasteiger partial charge in [-0.1, -0.05) is 6.07 Å². The number of rotatable bonds is 2. The van der Waals surface area contributed by atoms with Crippen molar-refractivity contribution < 1.29 is 19.2 Å². The third-order valence-corrected chi connectivity index (χ3v) is 4.26. The second kappa shape index (κ2) is 7.37. The van der Waals surface area contributed by atoms with Gasteiger partial charge in [0, 0.05) is 30.5 Å². The molecule has 1 aliphatic rings. The van der Waals surface area contributed by atoms with E-state index in [1.54, 1.807) is 10.8 Å². The van der Waals surface area contributed by atoms with Crippen LogP contribution >= 0.6 is 7.82 Å². The molecule has 0 saturated carbocycles. The molecule has 0 saturated heterocycles. The summed E-state index contributed by atoms with van der Waals surface area (Å²) in [7, 11) is -4.64. The fourth-order valence-electron chi connectivity index (χ4n) is 3.19. The van der Waals surface area contributed by atoms with E-state index in [2.05, 4.69) is 31.0 Å². The number of hydrogen-bond donors (Lipinski definition) is 4. The van der Waals surface area contributed by atoms with Gasteiger partial charge in [0.2, 0.25) is 5.95 Å². The van der Waals surface area contributed by atoms with Gasteiger partial charge < -0.3 is 24.6 Å². The van der Waals surface area contributed by atoms with Gasteiger partial charge in [0.05, 0.1) is 11.4 Å². The Labute approximate surface area is 165 Å². The van der Waals surface area contributed by atoms with E-state index in [0.717, 1.165) is 53.0 Å². The van der Waals surface area contributed by atoms with Gasteiger partial charge >= 0.3 is 7.82 Å². The van der Waals surface area contributed by atoms with E-state index < -0.39 is 7.82 Å². The molecule has 4 aromatic heterocycles. The average Bonchev–Trinajstić information content (AvgIpc) is 3.35. The van der Waals surface area contributed by atoms with Gasteiger partial charge in [-0.3, -0.25) is 4.98 Å². The summed E-state index contributed by atoms with van der Waals surface area (Å²) in [6.45, 7) is 3.77. The smallest absolute Gasteiger partial charge is 0.354 e. The zero-order valence-corrected chi connectivity index (χ0v) is 16.2.